The standard InChI is InChI=1S/C13H14FNO2/c1-8-6-11(4-5-12(8)14)16-7-13-15-9(2)10(3)17-13/h4-6H,7H2,1-3H3. The summed E-state index contributed by atoms with van der Waals surface area (Å²) in [6.45, 7) is 5.68. The molecule has 0 bridgehead atoms. The second kappa shape index (κ2) is 4.57. The highest BCUT2D eigenvalue weighted by Crippen LogP contribution is 2.17. The Labute approximate surface area is 99.2 Å². The van der Waals surface area contributed by atoms with Crippen molar-refractivity contribution < 1.29 is 13.5 Å². The third-order valence-corrected chi connectivity index (χ3v) is 2.56. The van der Waals surface area contributed by atoms with E-state index in [1.165, 1.54) is 6.07 Å². The van der Waals surface area contributed by atoms with Crippen molar-refractivity contribution in [3.05, 3.63) is 46.9 Å². The lowest BCUT2D eigenvalue weighted by atomic mass is 10.2. The number of nitrogens with zero attached hydrogens (tertiary/aromatic N) is 1. The third kappa shape index (κ3) is 2.64. The average Bonchev–Trinajstić information content (AvgIpc) is 2.60. The number of ether oxygens (including phenoxy) is 1. The van der Waals surface area contributed by atoms with E-state index in [1.54, 1.807) is 19.1 Å². The SMILES string of the molecule is Cc1cc(OCc2nc(C)c(C)o2)ccc1F. The van der Waals surface area contributed by atoms with Gasteiger partial charge in [0, 0.05) is 0 Å². The summed E-state index contributed by atoms with van der Waals surface area (Å²) >= 11 is 0. The number of aryl methyl sites for hydroxylation is 3. The molecule has 0 saturated heterocycles. The van der Waals surface area contributed by atoms with Crippen molar-refractivity contribution in [2.45, 2.75) is 27.4 Å². The quantitative estimate of drug-likeness (QED) is 0.818. The molecule has 3 nitrogen and oxygen atoms in total. The van der Waals surface area contributed by atoms with Gasteiger partial charge in [0.05, 0.1) is 5.69 Å². The normalized spacial score (nSPS) is 10.6. The van der Waals surface area contributed by atoms with Crippen LogP contribution in [0, 0.1) is 26.6 Å². The van der Waals surface area contributed by atoms with Gasteiger partial charge in [0.2, 0.25) is 5.89 Å². The van der Waals surface area contributed by atoms with Gasteiger partial charge in [-0.05, 0) is 44.5 Å². The number of oxazole rings is 1. The van der Waals surface area contributed by atoms with Crippen LogP contribution in [0.1, 0.15) is 22.9 Å². The van der Waals surface area contributed by atoms with Crippen molar-refractivity contribution in [2.24, 2.45) is 0 Å². The van der Waals surface area contributed by atoms with E-state index in [2.05, 4.69) is 4.98 Å². The zero-order valence-corrected chi connectivity index (χ0v) is 10.1. The summed E-state index contributed by atoms with van der Waals surface area (Å²) < 4.78 is 23.9. The van der Waals surface area contributed by atoms with Gasteiger partial charge in [-0.25, -0.2) is 9.37 Å². The Morgan fingerprint density at radius 1 is 1.29 bits per heavy atom. The first kappa shape index (κ1) is 11.6. The maximum atomic E-state index is 13.0. The molecule has 0 aliphatic heterocycles. The first-order chi connectivity index (χ1) is 8.06. The van der Waals surface area contributed by atoms with Crippen LogP contribution in [0.2, 0.25) is 0 Å². The molecule has 0 radical (unpaired) electrons. The van der Waals surface area contributed by atoms with Crippen LogP contribution < -0.4 is 4.74 Å². The molecule has 0 amide bonds. The molecule has 2 aromatic rings. The van der Waals surface area contributed by atoms with Crippen LogP contribution in [0.4, 0.5) is 4.39 Å². The predicted molar refractivity (Wildman–Crippen MR) is 61.4 cm³/mol. The molecule has 17 heavy (non-hydrogen) atoms. The van der Waals surface area contributed by atoms with Crippen molar-refractivity contribution in [1.82, 2.24) is 4.98 Å². The summed E-state index contributed by atoms with van der Waals surface area (Å²) in [5.41, 5.74) is 1.42. The summed E-state index contributed by atoms with van der Waals surface area (Å²) in [6, 6.07) is 4.62. The zero-order chi connectivity index (χ0) is 12.4. The van der Waals surface area contributed by atoms with Gasteiger partial charge in [0.25, 0.3) is 0 Å². The Bertz CT molecular complexity index is 515. The molecule has 1 aromatic heterocycles. The first-order valence-corrected chi connectivity index (χ1v) is 5.38. The maximum absolute atomic E-state index is 13.0. The molecule has 0 saturated carbocycles. The van der Waals surface area contributed by atoms with Crippen LogP contribution in [-0.4, -0.2) is 4.98 Å². The van der Waals surface area contributed by atoms with Gasteiger partial charge in [-0.3, -0.25) is 0 Å². The van der Waals surface area contributed by atoms with Crippen LogP contribution in [0.15, 0.2) is 22.6 Å². The Balaban J connectivity index is 2.04. The minimum Gasteiger partial charge on any atom is -0.484 e. The molecule has 0 spiro atoms. The molecule has 90 valence electrons. The van der Waals surface area contributed by atoms with Crippen molar-refractivity contribution in [2.75, 3.05) is 0 Å². The third-order valence-electron chi connectivity index (χ3n) is 2.56. The largest absolute Gasteiger partial charge is 0.484 e. The average molecular weight is 235 g/mol. The van der Waals surface area contributed by atoms with Crippen LogP contribution >= 0.6 is 0 Å². The topological polar surface area (TPSA) is 35.3 Å². The molecule has 4 heteroatoms. The molecule has 0 aliphatic rings. The molecule has 1 heterocycles. The Morgan fingerprint density at radius 3 is 2.65 bits per heavy atom. The smallest absolute Gasteiger partial charge is 0.232 e. The van der Waals surface area contributed by atoms with E-state index in [1.807, 2.05) is 13.8 Å². The summed E-state index contributed by atoms with van der Waals surface area (Å²) in [6.07, 6.45) is 0. The Hall–Kier alpha value is -1.84. The van der Waals surface area contributed by atoms with E-state index in [0.717, 1.165) is 11.5 Å². The zero-order valence-electron chi connectivity index (χ0n) is 10.1. The fraction of sp³-hybridized carbons (Fsp3) is 0.308. The second-order valence-electron chi connectivity index (χ2n) is 3.95. The first-order valence-electron chi connectivity index (χ1n) is 5.38. The summed E-state index contributed by atoms with van der Waals surface area (Å²) in [7, 11) is 0. The van der Waals surface area contributed by atoms with E-state index in [4.69, 9.17) is 9.15 Å². The maximum Gasteiger partial charge on any atom is 0.232 e. The summed E-state index contributed by atoms with van der Waals surface area (Å²) in [5, 5.41) is 0. The van der Waals surface area contributed by atoms with Crippen LogP contribution in [-0.2, 0) is 6.61 Å². The molecule has 0 unspecified atom stereocenters. The number of benzene rings is 1. The van der Waals surface area contributed by atoms with E-state index >= 15 is 0 Å². The van der Waals surface area contributed by atoms with E-state index in [0.29, 0.717) is 17.2 Å². The van der Waals surface area contributed by atoms with Crippen molar-refractivity contribution in [3.63, 3.8) is 0 Å². The highest BCUT2D eigenvalue weighted by Gasteiger charge is 2.06. The van der Waals surface area contributed by atoms with Gasteiger partial charge in [-0.15, -0.1) is 0 Å². The lowest BCUT2D eigenvalue weighted by Crippen LogP contribution is -1.96. The predicted octanol–water partition coefficient (Wildman–Crippen LogP) is 3.32. The van der Waals surface area contributed by atoms with Crippen LogP contribution in [0.3, 0.4) is 0 Å². The van der Waals surface area contributed by atoms with Crippen molar-refractivity contribution in [1.29, 1.82) is 0 Å². The molecule has 0 atom stereocenters. The minimum atomic E-state index is -0.236. The van der Waals surface area contributed by atoms with Gasteiger partial charge in [0.1, 0.15) is 17.3 Å². The summed E-state index contributed by atoms with van der Waals surface area (Å²) in [4.78, 5) is 4.20. The molecular weight excluding hydrogens is 221 g/mol. The molecule has 1 aromatic carbocycles. The van der Waals surface area contributed by atoms with Crippen molar-refractivity contribution >= 4 is 0 Å². The lowest BCUT2D eigenvalue weighted by Gasteiger charge is -2.04. The van der Waals surface area contributed by atoms with Crippen LogP contribution in [0.5, 0.6) is 5.75 Å². The molecule has 2 rings (SSSR count). The van der Waals surface area contributed by atoms with Gasteiger partial charge >= 0.3 is 0 Å². The highest BCUT2D eigenvalue weighted by molar-refractivity contribution is 5.28. The molecule has 0 N–H and O–H groups in total. The second-order valence-corrected chi connectivity index (χ2v) is 3.95. The van der Waals surface area contributed by atoms with Gasteiger partial charge in [-0.2, -0.15) is 0 Å². The number of hydrogen-bond acceptors (Lipinski definition) is 3. The molecule has 0 aliphatic carbocycles. The van der Waals surface area contributed by atoms with E-state index < -0.39 is 0 Å². The fourth-order valence-electron chi connectivity index (χ4n) is 1.45. The monoisotopic (exact) mass is 235 g/mol. The number of halogens is 1. The molecular formula is C13H14FNO2. The van der Waals surface area contributed by atoms with Crippen molar-refractivity contribution in [3.8, 4) is 5.75 Å². The summed E-state index contributed by atoms with van der Waals surface area (Å²) in [5.74, 6) is 1.69. The minimum absolute atomic E-state index is 0.236. The Morgan fingerprint density at radius 2 is 2.06 bits per heavy atom. The fourth-order valence-corrected chi connectivity index (χ4v) is 1.45. The van der Waals surface area contributed by atoms with Gasteiger partial charge in [-0.1, -0.05) is 0 Å². The highest BCUT2D eigenvalue weighted by atomic mass is 19.1. The number of hydrogen-bond donors (Lipinski definition) is 0. The number of rotatable bonds is 3. The van der Waals surface area contributed by atoms with Gasteiger partial charge in [0.15, 0.2) is 6.61 Å². The van der Waals surface area contributed by atoms with E-state index in [9.17, 15) is 4.39 Å². The lowest BCUT2D eigenvalue weighted by molar-refractivity contribution is 0.260. The molecule has 0 fully saturated rings. The Kier molecular flexibility index (Phi) is 3.13. The number of aromatic nitrogens is 1. The van der Waals surface area contributed by atoms with Gasteiger partial charge < -0.3 is 9.15 Å². The van der Waals surface area contributed by atoms with E-state index in [-0.39, 0.29) is 12.4 Å². The van der Waals surface area contributed by atoms with Crippen LogP contribution in [0.25, 0.3) is 0 Å².